The highest BCUT2D eigenvalue weighted by Gasteiger charge is 2.33. The largest absolute Gasteiger partial charge is 0.486 e. The zero-order valence-corrected chi connectivity index (χ0v) is 19.3. The summed E-state index contributed by atoms with van der Waals surface area (Å²) in [4.78, 5) is 30.0. The summed E-state index contributed by atoms with van der Waals surface area (Å²) in [7, 11) is 0. The van der Waals surface area contributed by atoms with Crippen LogP contribution in [0.4, 0.5) is 15.3 Å². The maximum Gasteiger partial charge on any atom is 0.248 e. The SMILES string of the molecule is Cc1nc(C)c(Nc2ncnc(-c3ccc(O[C@H]4CCN(C(=O)CO)CC4F)c(C#N)c3)n2)s1. The summed E-state index contributed by atoms with van der Waals surface area (Å²) in [5.74, 6) is 0.428. The lowest BCUT2D eigenvalue weighted by Gasteiger charge is -2.34. The molecule has 0 bridgehead atoms. The number of benzene rings is 1. The minimum absolute atomic E-state index is 0.163. The summed E-state index contributed by atoms with van der Waals surface area (Å²) >= 11 is 1.49. The lowest BCUT2D eigenvalue weighted by Crippen LogP contribution is -2.50. The van der Waals surface area contributed by atoms with Gasteiger partial charge in [0, 0.05) is 18.5 Å². The van der Waals surface area contributed by atoms with Gasteiger partial charge in [-0.05, 0) is 32.0 Å². The van der Waals surface area contributed by atoms with E-state index in [-0.39, 0.29) is 30.8 Å². The van der Waals surface area contributed by atoms with Crippen LogP contribution in [0.3, 0.4) is 0 Å². The van der Waals surface area contributed by atoms with Gasteiger partial charge in [-0.3, -0.25) is 4.79 Å². The van der Waals surface area contributed by atoms with Crippen molar-refractivity contribution < 1.29 is 19.0 Å². The number of carbonyl (C=O) groups is 1. The van der Waals surface area contributed by atoms with Crippen molar-refractivity contribution in [1.29, 1.82) is 5.26 Å². The van der Waals surface area contributed by atoms with Crippen LogP contribution in [0.25, 0.3) is 11.4 Å². The minimum Gasteiger partial charge on any atom is -0.486 e. The number of nitrogens with zero attached hydrogens (tertiary/aromatic N) is 6. The van der Waals surface area contributed by atoms with Crippen LogP contribution in [0.1, 0.15) is 22.7 Å². The molecule has 4 rings (SSSR count). The first-order valence-corrected chi connectivity index (χ1v) is 11.3. The van der Waals surface area contributed by atoms with Gasteiger partial charge in [-0.15, -0.1) is 11.3 Å². The minimum atomic E-state index is -1.44. The predicted octanol–water partition coefficient (Wildman–Crippen LogP) is 2.54. The molecule has 2 atom stereocenters. The van der Waals surface area contributed by atoms with Crippen molar-refractivity contribution in [2.45, 2.75) is 32.5 Å². The molecule has 3 heterocycles. The van der Waals surface area contributed by atoms with E-state index in [1.165, 1.54) is 22.6 Å². The quantitative estimate of drug-likeness (QED) is 0.542. The number of piperidine rings is 1. The van der Waals surface area contributed by atoms with Crippen molar-refractivity contribution in [2.75, 3.05) is 25.0 Å². The Hall–Kier alpha value is -3.69. The Morgan fingerprint density at radius 2 is 2.21 bits per heavy atom. The van der Waals surface area contributed by atoms with Gasteiger partial charge < -0.3 is 20.1 Å². The van der Waals surface area contributed by atoms with Gasteiger partial charge in [-0.25, -0.2) is 19.3 Å². The van der Waals surface area contributed by atoms with E-state index in [9.17, 15) is 14.4 Å². The van der Waals surface area contributed by atoms with Crippen LogP contribution >= 0.6 is 11.3 Å². The number of carbonyl (C=O) groups excluding carboxylic acids is 1. The molecule has 1 amide bonds. The smallest absolute Gasteiger partial charge is 0.248 e. The van der Waals surface area contributed by atoms with E-state index in [2.05, 4.69) is 31.3 Å². The maximum absolute atomic E-state index is 14.6. The number of rotatable bonds is 6. The average Bonchev–Trinajstić information content (AvgIpc) is 3.16. The van der Waals surface area contributed by atoms with Crippen molar-refractivity contribution >= 4 is 28.2 Å². The predicted molar refractivity (Wildman–Crippen MR) is 122 cm³/mol. The van der Waals surface area contributed by atoms with Gasteiger partial charge in [0.05, 0.1) is 22.8 Å². The second-order valence-electron chi connectivity index (χ2n) is 7.69. The molecule has 0 radical (unpaired) electrons. The van der Waals surface area contributed by atoms with Crippen LogP contribution in [-0.2, 0) is 4.79 Å². The Kier molecular flexibility index (Phi) is 6.95. The highest BCUT2D eigenvalue weighted by molar-refractivity contribution is 7.15. The number of aliphatic hydroxyl groups is 1. The second-order valence-corrected chi connectivity index (χ2v) is 8.89. The number of halogens is 1. The Morgan fingerprint density at radius 1 is 1.38 bits per heavy atom. The summed E-state index contributed by atoms with van der Waals surface area (Å²) < 4.78 is 20.4. The third kappa shape index (κ3) is 5.11. The first-order chi connectivity index (χ1) is 16.4. The average molecular weight is 484 g/mol. The Balaban J connectivity index is 1.50. The molecule has 2 aromatic heterocycles. The van der Waals surface area contributed by atoms with E-state index in [4.69, 9.17) is 9.84 Å². The zero-order chi connectivity index (χ0) is 24.2. The number of hydrogen-bond donors (Lipinski definition) is 2. The number of nitriles is 1. The summed E-state index contributed by atoms with van der Waals surface area (Å²) in [6, 6.07) is 6.92. The number of hydrogen-bond acceptors (Lipinski definition) is 10. The molecule has 0 aliphatic carbocycles. The van der Waals surface area contributed by atoms with Gasteiger partial charge in [0.15, 0.2) is 12.0 Å². The summed E-state index contributed by atoms with van der Waals surface area (Å²) in [5, 5.41) is 23.5. The van der Waals surface area contributed by atoms with E-state index >= 15 is 0 Å². The molecule has 10 nitrogen and oxygen atoms in total. The molecule has 0 spiro atoms. The molecule has 1 unspecified atom stereocenters. The van der Waals surface area contributed by atoms with Crippen LogP contribution in [0.15, 0.2) is 24.5 Å². The van der Waals surface area contributed by atoms with Crippen LogP contribution in [0.5, 0.6) is 5.75 Å². The fraction of sp³-hybridized carbons (Fsp3) is 0.364. The Morgan fingerprint density at radius 3 is 2.88 bits per heavy atom. The van der Waals surface area contributed by atoms with Crippen molar-refractivity contribution in [3.05, 3.63) is 40.8 Å². The number of anilines is 2. The fourth-order valence-electron chi connectivity index (χ4n) is 3.61. The Labute approximate surface area is 199 Å². The highest BCUT2D eigenvalue weighted by atomic mass is 32.1. The molecule has 1 aliphatic heterocycles. The third-order valence-electron chi connectivity index (χ3n) is 5.31. The van der Waals surface area contributed by atoms with Crippen LogP contribution in [-0.4, -0.2) is 67.8 Å². The highest BCUT2D eigenvalue weighted by Crippen LogP contribution is 2.29. The molecular weight excluding hydrogens is 461 g/mol. The number of aryl methyl sites for hydroxylation is 2. The van der Waals surface area contributed by atoms with Gasteiger partial charge >= 0.3 is 0 Å². The van der Waals surface area contributed by atoms with E-state index in [0.29, 0.717) is 17.3 Å². The van der Waals surface area contributed by atoms with Gasteiger partial charge in [-0.1, -0.05) is 0 Å². The van der Waals surface area contributed by atoms with E-state index in [1.54, 1.807) is 18.2 Å². The molecule has 12 heteroatoms. The van der Waals surface area contributed by atoms with E-state index in [1.807, 2.05) is 13.8 Å². The number of nitrogens with one attached hydrogen (secondary N) is 1. The Bertz CT molecular complexity index is 1250. The van der Waals surface area contributed by atoms with Gasteiger partial charge in [0.1, 0.15) is 35.9 Å². The lowest BCUT2D eigenvalue weighted by atomic mass is 10.0. The lowest BCUT2D eigenvalue weighted by molar-refractivity contribution is -0.138. The summed E-state index contributed by atoms with van der Waals surface area (Å²) in [6.07, 6.45) is -0.621. The van der Waals surface area contributed by atoms with Gasteiger partial charge in [-0.2, -0.15) is 10.2 Å². The molecule has 1 saturated heterocycles. The van der Waals surface area contributed by atoms with E-state index < -0.39 is 24.8 Å². The fourth-order valence-corrected chi connectivity index (χ4v) is 4.42. The maximum atomic E-state index is 14.6. The topological polar surface area (TPSA) is 137 Å². The van der Waals surface area contributed by atoms with Crippen LogP contribution in [0, 0.1) is 25.2 Å². The molecule has 176 valence electrons. The number of alkyl halides is 1. The third-order valence-corrected chi connectivity index (χ3v) is 6.30. The number of likely N-dealkylation sites (tertiary alicyclic amines) is 1. The van der Waals surface area contributed by atoms with Crippen molar-refractivity contribution in [1.82, 2.24) is 24.8 Å². The number of thiazole rings is 1. The molecule has 34 heavy (non-hydrogen) atoms. The van der Waals surface area contributed by atoms with Gasteiger partial charge in [0.2, 0.25) is 11.9 Å². The number of ether oxygens (including phenoxy) is 1. The first kappa shape index (κ1) is 23.5. The monoisotopic (exact) mass is 483 g/mol. The molecule has 1 aromatic carbocycles. The zero-order valence-electron chi connectivity index (χ0n) is 18.5. The van der Waals surface area contributed by atoms with Crippen molar-refractivity contribution in [3.63, 3.8) is 0 Å². The van der Waals surface area contributed by atoms with E-state index in [0.717, 1.165) is 15.7 Å². The molecule has 1 aliphatic rings. The second kappa shape index (κ2) is 10.1. The molecule has 2 N–H and O–H groups in total. The van der Waals surface area contributed by atoms with Crippen LogP contribution in [0.2, 0.25) is 0 Å². The molecule has 3 aromatic rings. The summed E-state index contributed by atoms with van der Waals surface area (Å²) in [6.45, 7) is 3.25. The number of amides is 1. The van der Waals surface area contributed by atoms with Crippen molar-refractivity contribution in [2.24, 2.45) is 0 Å². The van der Waals surface area contributed by atoms with Crippen molar-refractivity contribution in [3.8, 4) is 23.2 Å². The normalized spacial score (nSPS) is 17.8. The molecule has 1 fully saturated rings. The number of aromatic nitrogens is 4. The van der Waals surface area contributed by atoms with Gasteiger partial charge in [0.25, 0.3) is 0 Å². The molecular formula is C22H22FN7O3S. The summed E-state index contributed by atoms with van der Waals surface area (Å²) in [5.41, 5.74) is 1.63. The van der Waals surface area contributed by atoms with Crippen LogP contribution < -0.4 is 10.1 Å². The number of aliphatic hydroxyl groups excluding tert-OH is 1. The first-order valence-electron chi connectivity index (χ1n) is 10.5. The standard InChI is InChI=1S/C22H22FN7O3S/c1-12-21(34-13(2)27-12)29-22-26-11-25-20(28-22)14-3-4-17(15(7-14)8-24)33-18-5-6-30(9-16(18)23)19(32)10-31/h3-4,7,11,16,18,31H,5-6,9-10H2,1-2H3,(H,25,26,28,29)/t16?,18-/m0/s1. The molecule has 0 saturated carbocycles.